The van der Waals surface area contributed by atoms with Crippen molar-refractivity contribution in [3.63, 3.8) is 0 Å². The summed E-state index contributed by atoms with van der Waals surface area (Å²) in [6, 6.07) is 21.3. The van der Waals surface area contributed by atoms with Gasteiger partial charge in [-0.05, 0) is 55.7 Å². The fraction of sp³-hybridized carbons (Fsp3) is 0.192. The summed E-state index contributed by atoms with van der Waals surface area (Å²) in [5.41, 5.74) is 5.94. The molecule has 5 rings (SSSR count). The molecule has 0 aliphatic carbocycles. The Morgan fingerprint density at radius 2 is 1.79 bits per heavy atom. The van der Waals surface area contributed by atoms with Crippen molar-refractivity contribution in [1.82, 2.24) is 14.8 Å². The van der Waals surface area contributed by atoms with E-state index in [1.54, 1.807) is 12.1 Å². The molecular formula is C26H24N4O2S. The zero-order chi connectivity index (χ0) is 22.9. The molecule has 7 heteroatoms. The number of aryl methyl sites for hydroxylation is 2. The van der Waals surface area contributed by atoms with Gasteiger partial charge in [-0.25, -0.2) is 0 Å². The van der Waals surface area contributed by atoms with E-state index in [1.807, 2.05) is 58.9 Å². The molecule has 3 aromatic carbocycles. The van der Waals surface area contributed by atoms with Gasteiger partial charge in [0, 0.05) is 12.2 Å². The molecule has 0 spiro atoms. The standard InChI is InChI=1S/C26H24N4O2S/c1-17-11-12-21(18(2)15-17)30-25(20-8-4-6-10-23(20)31)27-28-26(30)33-16-24(32)29-14-13-19-7-3-5-9-22(19)29/h3-12,15,31H,13-14,16H2,1-2H3. The number of carbonyl (C=O) groups excluding carboxylic acids is 1. The quantitative estimate of drug-likeness (QED) is 0.431. The number of phenols is 1. The lowest BCUT2D eigenvalue weighted by molar-refractivity contribution is -0.116. The van der Waals surface area contributed by atoms with Crippen molar-refractivity contribution in [3.05, 3.63) is 83.4 Å². The Hall–Kier alpha value is -3.58. The van der Waals surface area contributed by atoms with Crippen molar-refractivity contribution in [3.8, 4) is 22.8 Å². The summed E-state index contributed by atoms with van der Waals surface area (Å²) in [7, 11) is 0. The van der Waals surface area contributed by atoms with Crippen LogP contribution in [0.5, 0.6) is 5.75 Å². The molecular weight excluding hydrogens is 432 g/mol. The number of aromatic hydroxyl groups is 1. The monoisotopic (exact) mass is 456 g/mol. The average molecular weight is 457 g/mol. The third kappa shape index (κ3) is 4.00. The molecule has 0 bridgehead atoms. The number of nitrogens with zero attached hydrogens (tertiary/aromatic N) is 4. The maximum Gasteiger partial charge on any atom is 0.237 e. The smallest absolute Gasteiger partial charge is 0.237 e. The fourth-order valence-electron chi connectivity index (χ4n) is 4.28. The van der Waals surface area contributed by atoms with E-state index in [0.717, 1.165) is 28.9 Å². The third-order valence-electron chi connectivity index (χ3n) is 5.88. The number of anilines is 1. The van der Waals surface area contributed by atoms with Crippen molar-refractivity contribution >= 4 is 23.4 Å². The number of carbonyl (C=O) groups is 1. The van der Waals surface area contributed by atoms with Gasteiger partial charge in [-0.2, -0.15) is 0 Å². The number of para-hydroxylation sites is 2. The Morgan fingerprint density at radius 3 is 2.61 bits per heavy atom. The van der Waals surface area contributed by atoms with Crippen molar-refractivity contribution in [1.29, 1.82) is 0 Å². The number of amides is 1. The van der Waals surface area contributed by atoms with Crippen molar-refractivity contribution in [2.75, 3.05) is 17.2 Å². The number of hydrogen-bond donors (Lipinski definition) is 1. The molecule has 1 aliphatic rings. The zero-order valence-electron chi connectivity index (χ0n) is 18.5. The molecule has 1 aromatic heterocycles. The van der Waals surface area contributed by atoms with Crippen LogP contribution in [0.1, 0.15) is 16.7 Å². The number of rotatable bonds is 5. The lowest BCUT2D eigenvalue weighted by Crippen LogP contribution is -2.30. The Morgan fingerprint density at radius 1 is 1.00 bits per heavy atom. The zero-order valence-corrected chi connectivity index (χ0v) is 19.3. The Balaban J connectivity index is 1.49. The van der Waals surface area contributed by atoms with Crippen LogP contribution in [0.4, 0.5) is 5.69 Å². The number of benzene rings is 3. The highest BCUT2D eigenvalue weighted by Crippen LogP contribution is 2.34. The van der Waals surface area contributed by atoms with Gasteiger partial charge >= 0.3 is 0 Å². The van der Waals surface area contributed by atoms with Crippen LogP contribution in [0.25, 0.3) is 17.1 Å². The lowest BCUT2D eigenvalue weighted by atomic mass is 10.1. The summed E-state index contributed by atoms with van der Waals surface area (Å²) in [5, 5.41) is 19.9. The summed E-state index contributed by atoms with van der Waals surface area (Å²) >= 11 is 1.36. The van der Waals surface area contributed by atoms with Gasteiger partial charge in [-0.15, -0.1) is 10.2 Å². The lowest BCUT2D eigenvalue weighted by Gasteiger charge is -2.17. The van der Waals surface area contributed by atoms with Crippen LogP contribution < -0.4 is 4.90 Å². The fourth-order valence-corrected chi connectivity index (χ4v) is 5.10. The van der Waals surface area contributed by atoms with Gasteiger partial charge in [0.25, 0.3) is 0 Å². The van der Waals surface area contributed by atoms with Gasteiger partial charge in [-0.1, -0.05) is 59.8 Å². The van der Waals surface area contributed by atoms with Crippen molar-refractivity contribution in [2.45, 2.75) is 25.4 Å². The number of thioether (sulfide) groups is 1. The minimum Gasteiger partial charge on any atom is -0.507 e. The van der Waals surface area contributed by atoms with Gasteiger partial charge < -0.3 is 10.0 Å². The minimum absolute atomic E-state index is 0.0456. The topological polar surface area (TPSA) is 71.2 Å². The first-order valence-corrected chi connectivity index (χ1v) is 11.8. The Labute approximate surface area is 196 Å². The van der Waals surface area contributed by atoms with Gasteiger partial charge in [0.15, 0.2) is 11.0 Å². The van der Waals surface area contributed by atoms with E-state index in [2.05, 4.69) is 29.3 Å². The normalized spacial score (nSPS) is 12.7. The first-order chi connectivity index (χ1) is 16.0. The maximum absolute atomic E-state index is 13.1. The highest BCUT2D eigenvalue weighted by atomic mass is 32.2. The highest BCUT2D eigenvalue weighted by molar-refractivity contribution is 7.99. The molecule has 4 aromatic rings. The van der Waals surface area contributed by atoms with Gasteiger partial charge in [0.05, 0.1) is 17.0 Å². The maximum atomic E-state index is 13.1. The van der Waals surface area contributed by atoms with E-state index >= 15 is 0 Å². The van der Waals surface area contributed by atoms with Crippen LogP contribution in [-0.2, 0) is 11.2 Å². The van der Waals surface area contributed by atoms with Crippen LogP contribution in [-0.4, -0.2) is 38.1 Å². The summed E-state index contributed by atoms with van der Waals surface area (Å²) in [4.78, 5) is 14.9. The molecule has 0 fully saturated rings. The molecule has 6 nitrogen and oxygen atoms in total. The molecule has 0 saturated carbocycles. The molecule has 0 radical (unpaired) electrons. The summed E-state index contributed by atoms with van der Waals surface area (Å²) in [6.07, 6.45) is 0.878. The second kappa shape index (κ2) is 8.75. The van der Waals surface area contributed by atoms with Crippen LogP contribution in [0.3, 0.4) is 0 Å². The second-order valence-electron chi connectivity index (χ2n) is 8.16. The predicted octanol–water partition coefficient (Wildman–Crippen LogP) is 4.94. The molecule has 1 amide bonds. The SMILES string of the molecule is Cc1ccc(-n2c(SCC(=O)N3CCc4ccccc43)nnc2-c2ccccc2O)c(C)c1. The van der Waals surface area contributed by atoms with Gasteiger partial charge in [-0.3, -0.25) is 9.36 Å². The van der Waals surface area contributed by atoms with E-state index in [1.165, 1.54) is 17.3 Å². The van der Waals surface area contributed by atoms with Crippen LogP contribution >= 0.6 is 11.8 Å². The first kappa shape index (κ1) is 21.3. The molecule has 2 heterocycles. The molecule has 1 aliphatic heterocycles. The third-order valence-corrected chi connectivity index (χ3v) is 6.80. The Bertz CT molecular complexity index is 1350. The molecule has 0 unspecified atom stereocenters. The van der Waals surface area contributed by atoms with Crippen LogP contribution in [0.15, 0.2) is 71.9 Å². The van der Waals surface area contributed by atoms with E-state index in [4.69, 9.17) is 0 Å². The Kier molecular flexibility index (Phi) is 5.64. The highest BCUT2D eigenvalue weighted by Gasteiger charge is 2.26. The van der Waals surface area contributed by atoms with E-state index in [-0.39, 0.29) is 17.4 Å². The molecule has 33 heavy (non-hydrogen) atoms. The average Bonchev–Trinajstić information content (AvgIpc) is 3.42. The number of fused-ring (bicyclic) bond motifs is 1. The largest absolute Gasteiger partial charge is 0.507 e. The second-order valence-corrected chi connectivity index (χ2v) is 9.10. The van der Waals surface area contributed by atoms with E-state index in [0.29, 0.717) is 23.1 Å². The van der Waals surface area contributed by atoms with Crippen LogP contribution in [0, 0.1) is 13.8 Å². The minimum atomic E-state index is 0.0456. The van der Waals surface area contributed by atoms with E-state index in [9.17, 15) is 9.90 Å². The molecule has 0 atom stereocenters. The van der Waals surface area contributed by atoms with Crippen LogP contribution in [0.2, 0.25) is 0 Å². The van der Waals surface area contributed by atoms with Crippen molar-refractivity contribution < 1.29 is 9.90 Å². The van der Waals surface area contributed by atoms with Gasteiger partial charge in [0.2, 0.25) is 5.91 Å². The number of hydrogen-bond acceptors (Lipinski definition) is 5. The van der Waals surface area contributed by atoms with Gasteiger partial charge in [0.1, 0.15) is 5.75 Å². The van der Waals surface area contributed by atoms with Crippen molar-refractivity contribution in [2.24, 2.45) is 0 Å². The predicted molar refractivity (Wildman–Crippen MR) is 131 cm³/mol. The first-order valence-electron chi connectivity index (χ1n) is 10.9. The summed E-state index contributed by atoms with van der Waals surface area (Å²) in [5.74, 6) is 0.973. The number of phenolic OH excluding ortho intramolecular Hbond substituents is 1. The number of aromatic nitrogens is 3. The molecule has 1 N–H and O–H groups in total. The van der Waals surface area contributed by atoms with E-state index < -0.39 is 0 Å². The molecule has 0 saturated heterocycles. The molecule has 166 valence electrons. The summed E-state index contributed by atoms with van der Waals surface area (Å²) in [6.45, 7) is 4.79. The summed E-state index contributed by atoms with van der Waals surface area (Å²) < 4.78 is 1.93.